The van der Waals surface area contributed by atoms with E-state index in [0.29, 0.717) is 5.56 Å². The molecule has 2 saturated heterocycles. The van der Waals surface area contributed by atoms with Crippen LogP contribution in [0.15, 0.2) is 104 Å². The van der Waals surface area contributed by atoms with Gasteiger partial charge >= 0.3 is 5.97 Å². The molecule has 7 nitrogen and oxygen atoms in total. The highest BCUT2D eigenvalue weighted by atomic mass is 16.8. The molecule has 2 aliphatic rings. The van der Waals surface area contributed by atoms with Crippen molar-refractivity contribution >= 4 is 5.97 Å². The highest BCUT2D eigenvalue weighted by Crippen LogP contribution is 2.37. The lowest BCUT2D eigenvalue weighted by Gasteiger charge is -2.48. The number of carbonyl (C=O) groups is 1. The van der Waals surface area contributed by atoms with Gasteiger partial charge in [-0.1, -0.05) is 84.9 Å². The molecule has 0 radical (unpaired) electrons. The number of esters is 1. The van der Waals surface area contributed by atoms with E-state index < -0.39 is 43.0 Å². The Bertz CT molecular complexity index is 1170. The average Bonchev–Trinajstić information content (AvgIpc) is 2.98. The van der Waals surface area contributed by atoms with Crippen LogP contribution in [0.3, 0.4) is 0 Å². The summed E-state index contributed by atoms with van der Waals surface area (Å²) in [7, 11) is 0. The molecular weight excluding hydrogens is 484 g/mol. The molecular formula is C31H32O7. The summed E-state index contributed by atoms with van der Waals surface area (Å²) in [4.78, 5) is 13.2. The van der Waals surface area contributed by atoms with Crippen molar-refractivity contribution in [3.8, 4) is 0 Å². The van der Waals surface area contributed by atoms with Gasteiger partial charge in [0.25, 0.3) is 0 Å². The Morgan fingerprint density at radius 1 is 0.947 bits per heavy atom. The van der Waals surface area contributed by atoms with E-state index in [1.165, 1.54) is 0 Å². The van der Waals surface area contributed by atoms with Gasteiger partial charge in [-0.05, 0) is 24.6 Å². The Kier molecular flexibility index (Phi) is 8.63. The zero-order valence-corrected chi connectivity index (χ0v) is 21.3. The van der Waals surface area contributed by atoms with Crippen molar-refractivity contribution < 1.29 is 33.2 Å². The summed E-state index contributed by atoms with van der Waals surface area (Å²) < 4.78 is 37.4. The lowest BCUT2D eigenvalue weighted by Crippen LogP contribution is -2.64. The summed E-state index contributed by atoms with van der Waals surface area (Å²) in [6.07, 6.45) is -2.91. The maximum Gasteiger partial charge on any atom is 0.338 e. The SMILES string of the molecule is C=CC(C)O[C@@H]1O[C@@H]2CO[C@@H](c3ccccc3)O[C@H]2[C@H](OCc2ccccc2)[C@H]1OC(=O)c1ccccc1. The van der Waals surface area contributed by atoms with Gasteiger partial charge in [0.05, 0.1) is 24.9 Å². The standard InChI is InChI=1S/C31H32O7/c1-3-21(2)35-31-28(37-29(32)23-15-9-5-10-16-23)27(33-19-22-13-7-4-8-14-22)26-25(36-31)20-34-30(38-26)24-17-11-6-12-18-24/h3-18,21,25-28,30-31H,1,19-20H2,2H3/t21?,25-,26-,27+,28-,30-,31-/m1/s1. The third-order valence-electron chi connectivity index (χ3n) is 6.57. The van der Waals surface area contributed by atoms with Crippen LogP contribution in [-0.2, 0) is 35.0 Å². The Hall–Kier alpha value is -3.33. The van der Waals surface area contributed by atoms with E-state index in [2.05, 4.69) is 6.58 Å². The zero-order valence-electron chi connectivity index (χ0n) is 21.3. The molecule has 0 aliphatic carbocycles. The predicted octanol–water partition coefficient (Wildman–Crippen LogP) is 5.23. The Morgan fingerprint density at radius 2 is 1.61 bits per heavy atom. The monoisotopic (exact) mass is 516 g/mol. The molecule has 0 N–H and O–H groups in total. The summed E-state index contributed by atoms with van der Waals surface area (Å²) in [6.45, 7) is 6.21. The number of benzene rings is 3. The van der Waals surface area contributed by atoms with Crippen molar-refractivity contribution in [3.05, 3.63) is 120 Å². The lowest BCUT2D eigenvalue weighted by atomic mass is 9.97. The van der Waals surface area contributed by atoms with Crippen LogP contribution in [-0.4, -0.2) is 49.4 Å². The van der Waals surface area contributed by atoms with E-state index in [1.54, 1.807) is 30.3 Å². The first kappa shape index (κ1) is 26.3. The molecule has 0 bridgehead atoms. The van der Waals surface area contributed by atoms with Crippen LogP contribution in [0.25, 0.3) is 0 Å². The smallest absolute Gasteiger partial charge is 0.338 e. The van der Waals surface area contributed by atoms with Gasteiger partial charge in [0.15, 0.2) is 18.7 Å². The van der Waals surface area contributed by atoms with E-state index in [1.807, 2.05) is 73.7 Å². The van der Waals surface area contributed by atoms with Gasteiger partial charge in [0, 0.05) is 5.56 Å². The third-order valence-corrected chi connectivity index (χ3v) is 6.57. The number of fused-ring (bicyclic) bond motifs is 1. The first-order chi connectivity index (χ1) is 18.6. The van der Waals surface area contributed by atoms with Crippen LogP contribution in [0.4, 0.5) is 0 Å². The van der Waals surface area contributed by atoms with Crippen LogP contribution in [0.2, 0.25) is 0 Å². The van der Waals surface area contributed by atoms with E-state index in [0.717, 1.165) is 11.1 Å². The van der Waals surface area contributed by atoms with Crippen molar-refractivity contribution in [2.24, 2.45) is 0 Å². The van der Waals surface area contributed by atoms with Crippen LogP contribution in [0, 0.1) is 0 Å². The minimum atomic E-state index is -0.918. The van der Waals surface area contributed by atoms with Gasteiger partial charge in [0.1, 0.15) is 18.3 Å². The largest absolute Gasteiger partial charge is 0.450 e. The van der Waals surface area contributed by atoms with Crippen LogP contribution in [0.1, 0.15) is 34.7 Å². The third kappa shape index (κ3) is 6.20. The van der Waals surface area contributed by atoms with E-state index >= 15 is 0 Å². The lowest BCUT2D eigenvalue weighted by molar-refractivity contribution is -0.368. The number of hydrogen-bond acceptors (Lipinski definition) is 7. The minimum Gasteiger partial charge on any atom is -0.450 e. The summed E-state index contributed by atoms with van der Waals surface area (Å²) in [5.41, 5.74) is 2.28. The highest BCUT2D eigenvalue weighted by molar-refractivity contribution is 5.89. The van der Waals surface area contributed by atoms with E-state index in [-0.39, 0.29) is 19.3 Å². The predicted molar refractivity (Wildman–Crippen MR) is 140 cm³/mol. The molecule has 7 heteroatoms. The summed E-state index contributed by atoms with van der Waals surface area (Å²) in [5.74, 6) is -0.502. The fraction of sp³-hybridized carbons (Fsp3) is 0.323. The molecule has 2 heterocycles. The molecule has 5 rings (SSSR count). The molecule has 1 unspecified atom stereocenters. The second kappa shape index (κ2) is 12.5. The maximum absolute atomic E-state index is 13.2. The fourth-order valence-corrected chi connectivity index (χ4v) is 4.55. The van der Waals surface area contributed by atoms with Crippen molar-refractivity contribution in [2.45, 2.75) is 56.6 Å². The summed E-state index contributed by atoms with van der Waals surface area (Å²) >= 11 is 0. The van der Waals surface area contributed by atoms with E-state index in [9.17, 15) is 4.79 Å². The van der Waals surface area contributed by atoms with Crippen molar-refractivity contribution in [3.63, 3.8) is 0 Å². The zero-order chi connectivity index (χ0) is 26.3. The Labute approximate surface area is 222 Å². The molecule has 7 atom stereocenters. The molecule has 0 saturated carbocycles. The first-order valence-electron chi connectivity index (χ1n) is 12.8. The molecule has 2 fully saturated rings. The van der Waals surface area contributed by atoms with Crippen molar-refractivity contribution in [1.82, 2.24) is 0 Å². The molecule has 38 heavy (non-hydrogen) atoms. The minimum absolute atomic E-state index is 0.261. The Balaban J connectivity index is 1.46. The van der Waals surface area contributed by atoms with Gasteiger partial charge < -0.3 is 28.4 Å². The van der Waals surface area contributed by atoms with Crippen LogP contribution in [0.5, 0.6) is 0 Å². The van der Waals surface area contributed by atoms with Crippen LogP contribution >= 0.6 is 0 Å². The van der Waals surface area contributed by atoms with Crippen molar-refractivity contribution in [2.75, 3.05) is 6.61 Å². The topological polar surface area (TPSA) is 72.5 Å². The second-order valence-corrected chi connectivity index (χ2v) is 9.29. The highest BCUT2D eigenvalue weighted by Gasteiger charge is 2.53. The molecule has 2 aliphatic heterocycles. The van der Waals surface area contributed by atoms with Gasteiger partial charge in [-0.25, -0.2) is 4.79 Å². The average molecular weight is 517 g/mol. The molecule has 3 aromatic rings. The number of hydrogen-bond donors (Lipinski definition) is 0. The molecule has 3 aromatic carbocycles. The maximum atomic E-state index is 13.2. The van der Waals surface area contributed by atoms with E-state index in [4.69, 9.17) is 28.4 Å². The normalized spacial score (nSPS) is 27.6. The second-order valence-electron chi connectivity index (χ2n) is 9.29. The Morgan fingerprint density at radius 3 is 2.29 bits per heavy atom. The molecule has 0 amide bonds. The van der Waals surface area contributed by atoms with Gasteiger partial charge in [-0.3, -0.25) is 0 Å². The fourth-order valence-electron chi connectivity index (χ4n) is 4.55. The first-order valence-corrected chi connectivity index (χ1v) is 12.8. The van der Waals surface area contributed by atoms with Gasteiger partial charge in [-0.2, -0.15) is 0 Å². The summed E-state index contributed by atoms with van der Waals surface area (Å²) in [6, 6.07) is 28.3. The van der Waals surface area contributed by atoms with Gasteiger partial charge in [-0.15, -0.1) is 6.58 Å². The quantitative estimate of drug-likeness (QED) is 0.285. The van der Waals surface area contributed by atoms with Gasteiger partial charge in [0.2, 0.25) is 0 Å². The number of ether oxygens (including phenoxy) is 6. The number of rotatable bonds is 9. The van der Waals surface area contributed by atoms with Crippen molar-refractivity contribution in [1.29, 1.82) is 0 Å². The molecule has 0 aromatic heterocycles. The molecule has 198 valence electrons. The number of carbonyl (C=O) groups excluding carboxylic acids is 1. The summed E-state index contributed by atoms with van der Waals surface area (Å²) in [5, 5.41) is 0. The molecule has 0 spiro atoms. The van der Waals surface area contributed by atoms with Crippen LogP contribution < -0.4 is 0 Å².